The molecule has 212 valence electrons. The number of carbonyl (C=O) groups is 1. The molecule has 1 amide bonds. The second-order valence-electron chi connectivity index (χ2n) is 10.8. The second-order valence-corrected chi connectivity index (χ2v) is 12.9. The first-order valence-corrected chi connectivity index (χ1v) is 15.5. The van der Waals surface area contributed by atoms with Crippen molar-refractivity contribution in [2.45, 2.75) is 43.7 Å². The first-order valence-electron chi connectivity index (χ1n) is 13.9. The van der Waals surface area contributed by atoms with E-state index in [1.165, 1.54) is 0 Å². The summed E-state index contributed by atoms with van der Waals surface area (Å²) in [7, 11) is -1.41. The minimum absolute atomic E-state index is 0.125. The molecule has 1 fully saturated rings. The largest absolute Gasteiger partial charge is 0.441 e. The third kappa shape index (κ3) is 5.98. The maximum Gasteiger partial charge on any atom is 0.251 e. The number of nitrogens with zero attached hydrogens (tertiary/aromatic N) is 2. The molecule has 9 heteroatoms. The average Bonchev–Trinajstić information content (AvgIpc) is 3.29. The molecule has 0 radical (unpaired) electrons. The molecule has 41 heavy (non-hydrogen) atoms. The topological polar surface area (TPSA) is 102 Å². The van der Waals surface area contributed by atoms with Gasteiger partial charge in [0.2, 0.25) is 0 Å². The number of benzene rings is 3. The highest BCUT2D eigenvalue weighted by Crippen LogP contribution is 2.32. The van der Waals surface area contributed by atoms with Crippen LogP contribution in [0, 0.1) is 6.92 Å². The summed E-state index contributed by atoms with van der Waals surface area (Å²) in [4.78, 5) is 20.3. The number of anilines is 1. The molecule has 0 bridgehead atoms. The monoisotopic (exact) mass is 571 g/mol. The van der Waals surface area contributed by atoms with Crippen LogP contribution in [0.1, 0.15) is 36.3 Å². The summed E-state index contributed by atoms with van der Waals surface area (Å²) in [6.45, 7) is 4.23. The van der Waals surface area contributed by atoms with Crippen molar-refractivity contribution in [3.63, 3.8) is 0 Å². The number of oxazole rings is 1. The van der Waals surface area contributed by atoms with Gasteiger partial charge in [-0.1, -0.05) is 24.3 Å². The van der Waals surface area contributed by atoms with Crippen LogP contribution in [0.5, 0.6) is 0 Å². The normalized spacial score (nSPS) is 17.2. The lowest BCUT2D eigenvalue weighted by Gasteiger charge is -2.31. The molecule has 0 unspecified atom stereocenters. The predicted octanol–water partition coefficient (Wildman–Crippen LogP) is 5.61. The molecule has 2 aliphatic rings. The Balaban J connectivity index is 1.21. The molecule has 1 aromatic heterocycles. The smallest absolute Gasteiger partial charge is 0.251 e. The highest BCUT2D eigenvalue weighted by molar-refractivity contribution is 7.91. The van der Waals surface area contributed by atoms with E-state index in [2.05, 4.69) is 22.2 Å². The average molecular weight is 572 g/mol. The zero-order valence-corrected chi connectivity index (χ0v) is 24.0. The number of nitrogens with one attached hydrogen (secondary N) is 1. The molecule has 3 aromatic carbocycles. The molecule has 3 heterocycles. The molecule has 8 nitrogen and oxygen atoms in total. The van der Waals surface area contributed by atoms with E-state index >= 15 is 0 Å². The van der Waals surface area contributed by atoms with Crippen molar-refractivity contribution in [1.82, 2.24) is 9.88 Å². The Morgan fingerprint density at radius 1 is 1.02 bits per heavy atom. The molecule has 0 spiro atoms. The van der Waals surface area contributed by atoms with Crippen molar-refractivity contribution in [1.29, 1.82) is 0 Å². The number of hydrogen-bond acceptors (Lipinski definition) is 7. The number of aromatic nitrogens is 1. The summed E-state index contributed by atoms with van der Waals surface area (Å²) >= 11 is 0. The van der Waals surface area contributed by atoms with Gasteiger partial charge in [0, 0.05) is 44.0 Å². The van der Waals surface area contributed by atoms with Gasteiger partial charge in [-0.25, -0.2) is 13.4 Å². The standard InChI is InChI=1S/C32H33N3O5S/c1-21-33-29-19-24(5-9-30(29)40-21)23-6-10-31-26(17-23)18-25(13-16-41(31,37)38)32(36)34-27-7-3-22(4-8-27)20-35(2)28-11-14-39-15-12-28/h3-10,17-19,28H,11-16,20H2,1-2H3,(H,34,36). The van der Waals surface area contributed by atoms with Crippen molar-refractivity contribution < 1.29 is 22.4 Å². The molecule has 2 aliphatic heterocycles. The number of ether oxygens (including phenoxy) is 1. The van der Waals surface area contributed by atoms with Gasteiger partial charge in [-0.2, -0.15) is 0 Å². The second kappa shape index (κ2) is 11.2. The fraction of sp³-hybridized carbons (Fsp3) is 0.312. The van der Waals surface area contributed by atoms with Crippen LogP contribution in [0.2, 0.25) is 0 Å². The maximum atomic E-state index is 13.3. The van der Waals surface area contributed by atoms with Gasteiger partial charge >= 0.3 is 0 Å². The van der Waals surface area contributed by atoms with E-state index in [4.69, 9.17) is 9.15 Å². The summed E-state index contributed by atoms with van der Waals surface area (Å²) < 4.78 is 37.2. The van der Waals surface area contributed by atoms with Crippen molar-refractivity contribution in [3.8, 4) is 11.1 Å². The van der Waals surface area contributed by atoms with Crippen molar-refractivity contribution >= 4 is 38.6 Å². The lowest BCUT2D eigenvalue weighted by Crippen LogP contribution is -2.36. The fourth-order valence-corrected chi connectivity index (χ4v) is 7.05. The highest BCUT2D eigenvalue weighted by atomic mass is 32.2. The third-order valence-corrected chi connectivity index (χ3v) is 9.68. The Kier molecular flexibility index (Phi) is 7.50. The third-order valence-electron chi connectivity index (χ3n) is 7.89. The Hall–Kier alpha value is -3.79. The number of carbonyl (C=O) groups excluding carboxylic acids is 1. The quantitative estimate of drug-likeness (QED) is 0.321. The molecule has 0 aliphatic carbocycles. The minimum Gasteiger partial charge on any atom is -0.441 e. The van der Waals surface area contributed by atoms with Crippen LogP contribution in [0.15, 0.2) is 75.5 Å². The van der Waals surface area contributed by atoms with Crippen molar-refractivity contribution in [2.75, 3.05) is 31.3 Å². The number of hydrogen-bond donors (Lipinski definition) is 1. The zero-order valence-electron chi connectivity index (χ0n) is 23.2. The van der Waals surface area contributed by atoms with Gasteiger partial charge in [-0.05, 0) is 91.0 Å². The Morgan fingerprint density at radius 2 is 1.76 bits per heavy atom. The van der Waals surface area contributed by atoms with Crippen LogP contribution < -0.4 is 5.32 Å². The van der Waals surface area contributed by atoms with E-state index in [0.717, 1.165) is 54.8 Å². The fourth-order valence-electron chi connectivity index (χ4n) is 5.59. The molecule has 0 saturated carbocycles. The number of aryl methyl sites for hydroxylation is 1. The lowest BCUT2D eigenvalue weighted by molar-refractivity contribution is -0.112. The summed E-state index contributed by atoms with van der Waals surface area (Å²) in [5.74, 6) is 0.158. The van der Waals surface area contributed by atoms with Crippen LogP contribution in [0.4, 0.5) is 5.69 Å². The van der Waals surface area contributed by atoms with Gasteiger partial charge in [0.1, 0.15) is 5.52 Å². The van der Waals surface area contributed by atoms with Crippen LogP contribution in [0.3, 0.4) is 0 Å². The Bertz CT molecular complexity index is 1730. The first-order chi connectivity index (χ1) is 19.7. The lowest BCUT2D eigenvalue weighted by atomic mass is 10.0. The van der Waals surface area contributed by atoms with Crippen LogP contribution >= 0.6 is 0 Å². The van der Waals surface area contributed by atoms with E-state index in [1.807, 2.05) is 48.5 Å². The number of fused-ring (bicyclic) bond motifs is 2. The van der Waals surface area contributed by atoms with Crippen molar-refractivity contribution in [2.24, 2.45) is 0 Å². The predicted molar refractivity (Wildman–Crippen MR) is 159 cm³/mol. The molecular weight excluding hydrogens is 538 g/mol. The number of rotatable bonds is 6. The SMILES string of the molecule is Cc1nc2cc(-c3ccc4c(c3)C=C(C(=O)Nc3ccc(CN(C)C5CCOCC5)cc3)CCS4(=O)=O)ccc2o1. The number of sulfone groups is 1. The van der Waals surface area contributed by atoms with Crippen LogP contribution in [0.25, 0.3) is 28.3 Å². The molecular formula is C32H33N3O5S. The van der Waals surface area contributed by atoms with Gasteiger partial charge in [-0.15, -0.1) is 0 Å². The Morgan fingerprint density at radius 3 is 2.54 bits per heavy atom. The molecule has 4 aromatic rings. The summed E-state index contributed by atoms with van der Waals surface area (Å²) in [6, 6.07) is 19.3. The van der Waals surface area contributed by atoms with Gasteiger partial charge < -0.3 is 14.5 Å². The van der Waals surface area contributed by atoms with Crippen molar-refractivity contribution in [3.05, 3.63) is 83.3 Å². The van der Waals surface area contributed by atoms with E-state index in [-0.39, 0.29) is 23.0 Å². The summed E-state index contributed by atoms with van der Waals surface area (Å²) in [5, 5.41) is 2.96. The summed E-state index contributed by atoms with van der Waals surface area (Å²) in [5.41, 5.74) is 5.92. The number of amides is 1. The van der Waals surface area contributed by atoms with Crippen LogP contribution in [-0.2, 0) is 25.9 Å². The zero-order chi connectivity index (χ0) is 28.6. The van der Waals surface area contributed by atoms with E-state index in [9.17, 15) is 13.2 Å². The maximum absolute atomic E-state index is 13.3. The van der Waals surface area contributed by atoms with Crippen LogP contribution in [-0.4, -0.2) is 56.3 Å². The molecule has 1 saturated heterocycles. The molecule has 6 rings (SSSR count). The minimum atomic E-state index is -3.55. The summed E-state index contributed by atoms with van der Waals surface area (Å²) in [6.07, 6.45) is 3.91. The van der Waals surface area contributed by atoms with Gasteiger partial charge in [0.25, 0.3) is 5.91 Å². The highest BCUT2D eigenvalue weighted by Gasteiger charge is 2.25. The van der Waals surface area contributed by atoms with E-state index in [1.54, 1.807) is 25.1 Å². The van der Waals surface area contributed by atoms with Gasteiger partial charge in [-0.3, -0.25) is 9.69 Å². The van der Waals surface area contributed by atoms with E-state index in [0.29, 0.717) is 34.3 Å². The molecule has 1 N–H and O–H groups in total. The Labute approximate surface area is 239 Å². The van der Waals surface area contributed by atoms with E-state index < -0.39 is 9.84 Å². The molecule has 0 atom stereocenters. The first kappa shape index (κ1) is 27.4. The van der Waals surface area contributed by atoms with Gasteiger partial charge in [0.05, 0.1) is 10.6 Å². The van der Waals surface area contributed by atoms with Gasteiger partial charge in [0.15, 0.2) is 21.3 Å².